The van der Waals surface area contributed by atoms with E-state index in [1.165, 1.54) is 23.9 Å². The molecule has 0 aliphatic rings. The Hall–Kier alpha value is -2.71. The number of hydrogen-bond acceptors (Lipinski definition) is 6. The molecular weight excluding hydrogens is 364 g/mol. The second kappa shape index (κ2) is 8.32. The van der Waals surface area contributed by atoms with Gasteiger partial charge < -0.3 is 10.1 Å². The van der Waals surface area contributed by atoms with Gasteiger partial charge in [0.1, 0.15) is 17.0 Å². The summed E-state index contributed by atoms with van der Waals surface area (Å²) in [6.07, 6.45) is 3.03. The average Bonchev–Trinajstić information content (AvgIpc) is 3.07. The molecule has 0 bridgehead atoms. The summed E-state index contributed by atoms with van der Waals surface area (Å²) in [7, 11) is 0. The highest BCUT2D eigenvalue weighted by molar-refractivity contribution is 7.99. The zero-order valence-corrected chi connectivity index (χ0v) is 15.8. The van der Waals surface area contributed by atoms with Gasteiger partial charge in [0, 0.05) is 35.8 Å². The minimum absolute atomic E-state index is 0.0413. The Morgan fingerprint density at radius 2 is 2.00 bits per heavy atom. The first-order chi connectivity index (χ1) is 12.9. The van der Waals surface area contributed by atoms with Crippen molar-refractivity contribution in [1.29, 1.82) is 0 Å². The molecule has 0 radical (unpaired) electrons. The summed E-state index contributed by atoms with van der Waals surface area (Å²) < 4.78 is 0. The second-order valence-corrected chi connectivity index (χ2v) is 7.49. The first kappa shape index (κ1) is 19.1. The maximum absolute atomic E-state index is 11.0. The van der Waals surface area contributed by atoms with E-state index in [2.05, 4.69) is 15.0 Å². The van der Waals surface area contributed by atoms with Crippen molar-refractivity contribution in [1.82, 2.24) is 15.0 Å². The molecule has 0 aliphatic heterocycles. The fourth-order valence-corrected chi connectivity index (χ4v) is 3.72. The van der Waals surface area contributed by atoms with Crippen LogP contribution in [-0.4, -0.2) is 25.0 Å². The number of pyridine rings is 1. The quantitative estimate of drug-likeness (QED) is 0.466. The molecule has 0 fully saturated rings. The van der Waals surface area contributed by atoms with E-state index in [1.807, 2.05) is 32.0 Å². The molecule has 0 amide bonds. The van der Waals surface area contributed by atoms with E-state index < -0.39 is 11.0 Å². The normalized spacial score (nSPS) is 12.3. The third-order valence-electron chi connectivity index (χ3n) is 4.03. The first-order valence-corrected chi connectivity index (χ1v) is 9.34. The lowest BCUT2D eigenvalue weighted by atomic mass is 10.1. The second-order valence-electron chi connectivity index (χ2n) is 6.43. The zero-order chi connectivity index (χ0) is 19.4. The average molecular weight is 384 g/mol. The van der Waals surface area contributed by atoms with Crippen LogP contribution in [0.1, 0.15) is 43.0 Å². The largest absolute Gasteiger partial charge is 0.385 e. The number of benzene rings is 1. The lowest BCUT2D eigenvalue weighted by Gasteiger charge is -2.07. The molecule has 2 N–H and O–H groups in total. The Labute approximate surface area is 161 Å². The van der Waals surface area contributed by atoms with Gasteiger partial charge in [0.25, 0.3) is 5.69 Å². The lowest BCUT2D eigenvalue weighted by molar-refractivity contribution is -0.385. The van der Waals surface area contributed by atoms with E-state index in [0.29, 0.717) is 17.3 Å². The van der Waals surface area contributed by atoms with E-state index in [9.17, 15) is 15.2 Å². The van der Waals surface area contributed by atoms with Crippen molar-refractivity contribution in [3.05, 3.63) is 76.0 Å². The van der Waals surface area contributed by atoms with E-state index >= 15 is 0 Å². The Bertz CT molecular complexity index is 928. The molecule has 140 valence electrons. The summed E-state index contributed by atoms with van der Waals surface area (Å²) >= 11 is 1.35. The molecule has 8 heteroatoms. The molecule has 3 rings (SSSR count). The predicted molar refractivity (Wildman–Crippen MR) is 103 cm³/mol. The first-order valence-electron chi connectivity index (χ1n) is 8.53. The van der Waals surface area contributed by atoms with Crippen LogP contribution in [0.25, 0.3) is 0 Å². The lowest BCUT2D eigenvalue weighted by Crippen LogP contribution is -2.04. The topological polar surface area (TPSA) is 105 Å². The fraction of sp³-hybridized carbons (Fsp3) is 0.263. The van der Waals surface area contributed by atoms with Crippen LogP contribution in [0, 0.1) is 10.1 Å². The summed E-state index contributed by atoms with van der Waals surface area (Å²) in [6.45, 7) is 4.06. The van der Waals surface area contributed by atoms with E-state index in [0.717, 1.165) is 16.2 Å². The van der Waals surface area contributed by atoms with Gasteiger partial charge >= 0.3 is 0 Å². The number of nitrogens with zero attached hydrogens (tertiary/aromatic N) is 3. The molecule has 2 heterocycles. The van der Waals surface area contributed by atoms with Gasteiger partial charge in [0.15, 0.2) is 0 Å². The van der Waals surface area contributed by atoms with E-state index in [-0.39, 0.29) is 11.6 Å². The molecular formula is C19H20N4O3S. The van der Waals surface area contributed by atoms with Crippen molar-refractivity contribution < 1.29 is 10.0 Å². The number of nitro groups is 1. The van der Waals surface area contributed by atoms with Crippen LogP contribution < -0.4 is 0 Å². The van der Waals surface area contributed by atoms with Crippen molar-refractivity contribution in [2.45, 2.75) is 42.2 Å². The number of nitrogens with one attached hydrogen (secondary N) is 1. The van der Waals surface area contributed by atoms with E-state index in [1.54, 1.807) is 18.5 Å². The minimum atomic E-state index is -0.774. The van der Waals surface area contributed by atoms with E-state index in [4.69, 9.17) is 0 Å². The highest BCUT2D eigenvalue weighted by Crippen LogP contribution is 2.35. The predicted octanol–water partition coefficient (Wildman–Crippen LogP) is 4.26. The van der Waals surface area contributed by atoms with Crippen molar-refractivity contribution in [2.24, 2.45) is 0 Å². The Balaban J connectivity index is 1.85. The highest BCUT2D eigenvalue weighted by Gasteiger charge is 2.20. The van der Waals surface area contributed by atoms with Crippen LogP contribution in [0.15, 0.2) is 58.7 Å². The van der Waals surface area contributed by atoms with Crippen molar-refractivity contribution in [3.8, 4) is 0 Å². The number of aliphatic hydroxyl groups is 1. The van der Waals surface area contributed by atoms with Gasteiger partial charge in [-0.3, -0.25) is 15.1 Å². The van der Waals surface area contributed by atoms with Crippen molar-refractivity contribution in [2.75, 3.05) is 0 Å². The molecule has 0 aliphatic carbocycles. The molecule has 7 nitrogen and oxygen atoms in total. The number of imidazole rings is 1. The third kappa shape index (κ3) is 4.72. The van der Waals surface area contributed by atoms with Gasteiger partial charge in [-0.1, -0.05) is 31.7 Å². The number of aliphatic hydroxyl groups excluding tert-OH is 1. The molecule has 1 aromatic carbocycles. The summed E-state index contributed by atoms with van der Waals surface area (Å²) in [5.41, 5.74) is 1.91. The van der Waals surface area contributed by atoms with Crippen molar-refractivity contribution >= 4 is 17.4 Å². The molecule has 2 aromatic heterocycles. The number of non-ortho nitro benzene ring substituents is 1. The molecule has 0 spiro atoms. The van der Waals surface area contributed by atoms with Crippen LogP contribution >= 0.6 is 11.8 Å². The van der Waals surface area contributed by atoms with Gasteiger partial charge in [0.2, 0.25) is 0 Å². The maximum atomic E-state index is 11.0. The number of H-pyrrole nitrogens is 1. The zero-order valence-electron chi connectivity index (χ0n) is 15.0. The fourth-order valence-electron chi connectivity index (χ4n) is 2.63. The number of aromatic nitrogens is 3. The minimum Gasteiger partial charge on any atom is -0.385 e. The molecule has 27 heavy (non-hydrogen) atoms. The van der Waals surface area contributed by atoms with Crippen LogP contribution in [0.4, 0.5) is 5.69 Å². The molecule has 1 atom stereocenters. The van der Waals surface area contributed by atoms with Crippen LogP contribution in [-0.2, 0) is 6.42 Å². The van der Waals surface area contributed by atoms with Crippen molar-refractivity contribution in [3.63, 3.8) is 0 Å². The SMILES string of the molecule is CC(C)c1[nH]c(C(O)Cc2ccncc2)nc1Sc1cccc([N+](=O)[O-])c1. The van der Waals surface area contributed by atoms with Crippen LogP contribution in [0.2, 0.25) is 0 Å². The summed E-state index contributed by atoms with van der Waals surface area (Å²) in [4.78, 5) is 23.1. The smallest absolute Gasteiger partial charge is 0.270 e. The van der Waals surface area contributed by atoms with Crippen LogP contribution in [0.5, 0.6) is 0 Å². The number of rotatable bonds is 7. The van der Waals surface area contributed by atoms with Gasteiger partial charge in [-0.2, -0.15) is 0 Å². The monoisotopic (exact) mass is 384 g/mol. The summed E-state index contributed by atoms with van der Waals surface area (Å²) in [5.74, 6) is 0.656. The summed E-state index contributed by atoms with van der Waals surface area (Å²) in [6, 6.07) is 10.2. The number of aromatic amines is 1. The number of hydrogen-bond donors (Lipinski definition) is 2. The third-order valence-corrected chi connectivity index (χ3v) is 5.02. The number of nitro benzene ring substituents is 1. The summed E-state index contributed by atoms with van der Waals surface area (Å²) in [5, 5.41) is 22.3. The van der Waals surface area contributed by atoms with Crippen LogP contribution in [0.3, 0.4) is 0 Å². The standard InChI is InChI=1S/C19H20N4O3S/c1-12(2)17-19(27-15-5-3-4-14(11-15)23(25)26)22-18(21-17)16(24)10-13-6-8-20-9-7-13/h3-9,11-12,16,24H,10H2,1-2H3,(H,21,22). The molecule has 1 unspecified atom stereocenters. The van der Waals surface area contributed by atoms with Gasteiger partial charge in [-0.25, -0.2) is 4.98 Å². The highest BCUT2D eigenvalue weighted by atomic mass is 32.2. The Kier molecular flexibility index (Phi) is 5.88. The van der Waals surface area contributed by atoms with Gasteiger partial charge in [-0.05, 0) is 29.7 Å². The molecule has 3 aromatic rings. The Morgan fingerprint density at radius 3 is 2.67 bits per heavy atom. The van der Waals surface area contributed by atoms with Gasteiger partial charge in [0.05, 0.1) is 10.6 Å². The van der Waals surface area contributed by atoms with Gasteiger partial charge in [-0.15, -0.1) is 0 Å². The molecule has 0 saturated carbocycles. The maximum Gasteiger partial charge on any atom is 0.270 e. The Morgan fingerprint density at radius 1 is 1.26 bits per heavy atom. The molecule has 0 saturated heterocycles.